The molecule has 0 saturated heterocycles. The van der Waals surface area contributed by atoms with Gasteiger partial charge in [-0.1, -0.05) is 12.1 Å². The average molecular weight is 278 g/mol. The van der Waals surface area contributed by atoms with Crippen LogP contribution in [0.5, 0.6) is 0 Å². The standard InChI is InChI=1S/C17H11FN2O/c18-13-3-1-2-11(6-13)8-17(21)15-10-20-16-5-4-12(9-19)7-14(15)16/h1-7,10,20H,8H2. The van der Waals surface area contributed by atoms with E-state index >= 15 is 0 Å². The third-order valence-electron chi connectivity index (χ3n) is 3.36. The van der Waals surface area contributed by atoms with Crippen LogP contribution in [-0.4, -0.2) is 10.8 Å². The first kappa shape index (κ1) is 13.1. The number of carbonyl (C=O) groups excluding carboxylic acids is 1. The molecule has 0 saturated carbocycles. The average Bonchev–Trinajstić information content (AvgIpc) is 2.90. The molecule has 0 spiro atoms. The number of ketones is 1. The van der Waals surface area contributed by atoms with Gasteiger partial charge in [-0.2, -0.15) is 5.26 Å². The molecule has 3 nitrogen and oxygen atoms in total. The number of rotatable bonds is 3. The summed E-state index contributed by atoms with van der Waals surface area (Å²) < 4.78 is 13.2. The van der Waals surface area contributed by atoms with E-state index in [-0.39, 0.29) is 18.0 Å². The fourth-order valence-electron chi connectivity index (χ4n) is 2.35. The maximum atomic E-state index is 13.2. The predicted octanol–water partition coefficient (Wildman–Crippen LogP) is 3.60. The summed E-state index contributed by atoms with van der Waals surface area (Å²) in [5.41, 5.74) is 2.45. The van der Waals surface area contributed by atoms with Crippen molar-refractivity contribution in [3.8, 4) is 6.07 Å². The fraction of sp³-hybridized carbons (Fsp3) is 0.0588. The number of aromatic nitrogens is 1. The molecule has 3 rings (SSSR count). The highest BCUT2D eigenvalue weighted by atomic mass is 19.1. The third-order valence-corrected chi connectivity index (χ3v) is 3.36. The lowest BCUT2D eigenvalue weighted by Gasteiger charge is -2.01. The van der Waals surface area contributed by atoms with E-state index < -0.39 is 0 Å². The number of nitrogens with zero attached hydrogens (tertiary/aromatic N) is 1. The van der Waals surface area contributed by atoms with Crippen LogP contribution in [0.4, 0.5) is 4.39 Å². The van der Waals surface area contributed by atoms with Crippen LogP contribution in [0, 0.1) is 17.1 Å². The molecule has 0 radical (unpaired) electrons. The lowest BCUT2D eigenvalue weighted by Crippen LogP contribution is -2.03. The van der Waals surface area contributed by atoms with Crippen LogP contribution < -0.4 is 0 Å². The molecule has 1 aromatic heterocycles. The highest BCUT2D eigenvalue weighted by Gasteiger charge is 2.13. The van der Waals surface area contributed by atoms with Crippen LogP contribution in [0.3, 0.4) is 0 Å². The molecule has 2 aromatic carbocycles. The lowest BCUT2D eigenvalue weighted by molar-refractivity contribution is 0.0994. The van der Waals surface area contributed by atoms with Crippen LogP contribution in [0.1, 0.15) is 21.5 Å². The Labute approximate surface area is 120 Å². The van der Waals surface area contributed by atoms with E-state index in [0.29, 0.717) is 16.7 Å². The molecular weight excluding hydrogens is 267 g/mol. The van der Waals surface area contributed by atoms with Crippen molar-refractivity contribution in [3.05, 3.63) is 71.2 Å². The molecule has 102 valence electrons. The zero-order valence-electron chi connectivity index (χ0n) is 11.1. The number of benzene rings is 2. The fourth-order valence-corrected chi connectivity index (χ4v) is 2.35. The van der Waals surface area contributed by atoms with Gasteiger partial charge in [0.15, 0.2) is 5.78 Å². The number of halogens is 1. The van der Waals surface area contributed by atoms with Gasteiger partial charge in [-0.3, -0.25) is 4.79 Å². The number of hydrogen-bond donors (Lipinski definition) is 1. The largest absolute Gasteiger partial charge is 0.360 e. The van der Waals surface area contributed by atoms with Crippen LogP contribution in [-0.2, 0) is 6.42 Å². The molecule has 21 heavy (non-hydrogen) atoms. The molecule has 4 heteroatoms. The molecule has 0 aliphatic rings. The maximum absolute atomic E-state index is 13.2. The summed E-state index contributed by atoms with van der Waals surface area (Å²) in [6, 6.07) is 13.2. The van der Waals surface area contributed by atoms with Crippen molar-refractivity contribution < 1.29 is 9.18 Å². The van der Waals surface area contributed by atoms with E-state index in [9.17, 15) is 9.18 Å². The van der Waals surface area contributed by atoms with Gasteiger partial charge < -0.3 is 4.98 Å². The smallest absolute Gasteiger partial charge is 0.169 e. The van der Waals surface area contributed by atoms with E-state index in [1.807, 2.05) is 0 Å². The molecule has 0 fully saturated rings. The molecular formula is C17H11FN2O. The maximum Gasteiger partial charge on any atom is 0.169 e. The molecule has 3 aromatic rings. The van der Waals surface area contributed by atoms with E-state index in [1.165, 1.54) is 12.1 Å². The summed E-state index contributed by atoms with van der Waals surface area (Å²) in [5, 5.41) is 9.66. The minimum Gasteiger partial charge on any atom is -0.360 e. The van der Waals surface area contributed by atoms with Crippen molar-refractivity contribution >= 4 is 16.7 Å². The number of nitrogens with one attached hydrogen (secondary N) is 1. The zero-order valence-corrected chi connectivity index (χ0v) is 11.1. The molecule has 0 bridgehead atoms. The number of fused-ring (bicyclic) bond motifs is 1. The highest BCUT2D eigenvalue weighted by molar-refractivity contribution is 6.08. The Hall–Kier alpha value is -2.93. The van der Waals surface area contributed by atoms with Crippen LogP contribution in [0.2, 0.25) is 0 Å². The van der Waals surface area contributed by atoms with Gasteiger partial charge in [0.25, 0.3) is 0 Å². The summed E-state index contributed by atoms with van der Waals surface area (Å²) in [7, 11) is 0. The Bertz CT molecular complexity index is 874. The first-order valence-corrected chi connectivity index (χ1v) is 6.46. The molecule has 1 heterocycles. The van der Waals surface area contributed by atoms with Crippen molar-refractivity contribution in [2.24, 2.45) is 0 Å². The van der Waals surface area contributed by atoms with Crippen molar-refractivity contribution in [1.82, 2.24) is 4.98 Å². The Kier molecular flexibility index (Phi) is 3.25. The van der Waals surface area contributed by atoms with Gasteiger partial charge >= 0.3 is 0 Å². The number of H-pyrrole nitrogens is 1. The van der Waals surface area contributed by atoms with Crippen molar-refractivity contribution in [1.29, 1.82) is 5.26 Å². The number of aromatic amines is 1. The first-order valence-electron chi connectivity index (χ1n) is 6.46. The molecule has 0 aliphatic carbocycles. The zero-order chi connectivity index (χ0) is 14.8. The van der Waals surface area contributed by atoms with Crippen molar-refractivity contribution in [3.63, 3.8) is 0 Å². The SMILES string of the molecule is N#Cc1ccc2[nH]cc(C(=O)Cc3cccc(F)c3)c2c1. The molecule has 0 atom stereocenters. The van der Waals surface area contributed by atoms with Gasteiger partial charge in [-0.15, -0.1) is 0 Å². The summed E-state index contributed by atoms with van der Waals surface area (Å²) in [5.74, 6) is -0.465. The summed E-state index contributed by atoms with van der Waals surface area (Å²) in [6.07, 6.45) is 1.76. The molecule has 0 aliphatic heterocycles. The summed E-state index contributed by atoms with van der Waals surface area (Å²) in [6.45, 7) is 0. The van der Waals surface area contributed by atoms with Gasteiger partial charge in [-0.05, 0) is 35.9 Å². The second-order valence-electron chi connectivity index (χ2n) is 4.80. The Balaban J connectivity index is 1.96. The van der Waals surface area contributed by atoms with Gasteiger partial charge in [0.1, 0.15) is 5.82 Å². The lowest BCUT2D eigenvalue weighted by atomic mass is 10.0. The Morgan fingerprint density at radius 1 is 1.24 bits per heavy atom. The summed E-state index contributed by atoms with van der Waals surface area (Å²) in [4.78, 5) is 15.4. The first-order chi connectivity index (χ1) is 10.2. The van der Waals surface area contributed by atoms with Crippen LogP contribution in [0.15, 0.2) is 48.7 Å². The summed E-state index contributed by atoms with van der Waals surface area (Å²) >= 11 is 0. The molecule has 0 amide bonds. The second kappa shape index (κ2) is 5.22. The van der Waals surface area contributed by atoms with Gasteiger partial charge in [0.05, 0.1) is 11.6 Å². The molecule has 1 N–H and O–H groups in total. The highest BCUT2D eigenvalue weighted by Crippen LogP contribution is 2.21. The predicted molar refractivity (Wildman–Crippen MR) is 77.4 cm³/mol. The van der Waals surface area contributed by atoms with Crippen LogP contribution in [0.25, 0.3) is 10.9 Å². The second-order valence-corrected chi connectivity index (χ2v) is 4.80. The Morgan fingerprint density at radius 3 is 2.86 bits per heavy atom. The quantitative estimate of drug-likeness (QED) is 0.744. The van der Waals surface area contributed by atoms with E-state index in [1.54, 1.807) is 36.5 Å². The molecule has 0 unspecified atom stereocenters. The number of carbonyl (C=O) groups is 1. The minimum absolute atomic E-state index is 0.109. The topological polar surface area (TPSA) is 56.6 Å². The number of nitriles is 1. The third kappa shape index (κ3) is 2.54. The minimum atomic E-state index is -0.356. The number of hydrogen-bond acceptors (Lipinski definition) is 2. The number of Topliss-reactive ketones (excluding diaryl/α,β-unsaturated/α-hetero) is 1. The van der Waals surface area contributed by atoms with Crippen molar-refractivity contribution in [2.45, 2.75) is 6.42 Å². The van der Waals surface area contributed by atoms with Gasteiger partial charge in [0, 0.05) is 29.1 Å². The van der Waals surface area contributed by atoms with Crippen molar-refractivity contribution in [2.75, 3.05) is 0 Å². The Morgan fingerprint density at radius 2 is 2.10 bits per heavy atom. The monoisotopic (exact) mass is 278 g/mol. The van der Waals surface area contributed by atoms with Crippen LogP contribution >= 0.6 is 0 Å². The van der Waals surface area contributed by atoms with E-state index in [4.69, 9.17) is 5.26 Å². The van der Waals surface area contributed by atoms with Gasteiger partial charge in [0.2, 0.25) is 0 Å². The van der Waals surface area contributed by atoms with E-state index in [0.717, 1.165) is 10.9 Å². The van der Waals surface area contributed by atoms with Gasteiger partial charge in [-0.25, -0.2) is 4.39 Å². The normalized spacial score (nSPS) is 10.5. The van der Waals surface area contributed by atoms with E-state index in [2.05, 4.69) is 11.1 Å².